The Balaban J connectivity index is 1.60. The molecule has 0 radical (unpaired) electrons. The van der Waals surface area contributed by atoms with Crippen molar-refractivity contribution in [3.63, 3.8) is 0 Å². The quantitative estimate of drug-likeness (QED) is 0.665. The van der Waals surface area contributed by atoms with E-state index >= 15 is 0 Å². The average molecular weight is 421 g/mol. The van der Waals surface area contributed by atoms with Crippen LogP contribution in [0.2, 0.25) is 0 Å². The number of carbonyl (C=O) groups is 1. The van der Waals surface area contributed by atoms with Crippen LogP contribution in [-0.4, -0.2) is 20.9 Å². The number of fused-ring (bicyclic) bond motifs is 1. The number of nitrogens with one attached hydrogen (secondary N) is 1. The zero-order valence-electron chi connectivity index (χ0n) is 17.1. The highest BCUT2D eigenvalue weighted by molar-refractivity contribution is 7.92. The molecule has 1 N–H and O–H groups in total. The van der Waals surface area contributed by atoms with Crippen molar-refractivity contribution < 1.29 is 13.2 Å². The summed E-state index contributed by atoms with van der Waals surface area (Å²) < 4.78 is 27.9. The minimum absolute atomic E-state index is 0.185. The van der Waals surface area contributed by atoms with Crippen LogP contribution >= 0.6 is 0 Å². The number of anilines is 2. The monoisotopic (exact) mass is 420 g/mol. The second kappa shape index (κ2) is 7.95. The van der Waals surface area contributed by atoms with Gasteiger partial charge in [-0.15, -0.1) is 0 Å². The molecule has 0 aliphatic carbocycles. The Kier molecular flexibility index (Phi) is 5.35. The molecule has 0 bridgehead atoms. The predicted molar refractivity (Wildman–Crippen MR) is 120 cm³/mol. The van der Waals surface area contributed by atoms with Gasteiger partial charge >= 0.3 is 0 Å². The topological polar surface area (TPSA) is 66.5 Å². The first-order valence-electron chi connectivity index (χ1n) is 9.95. The zero-order chi connectivity index (χ0) is 21.3. The Morgan fingerprint density at radius 3 is 2.20 bits per heavy atom. The molecule has 3 aromatic carbocycles. The number of hydrogen-bond donors (Lipinski definition) is 1. The molecule has 0 unspecified atom stereocenters. The van der Waals surface area contributed by atoms with Crippen molar-refractivity contribution in [3.05, 3.63) is 89.0 Å². The lowest BCUT2D eigenvalue weighted by molar-refractivity contribution is 0.102. The van der Waals surface area contributed by atoms with E-state index < -0.39 is 10.0 Å². The number of rotatable bonds is 4. The molecule has 1 amide bonds. The van der Waals surface area contributed by atoms with E-state index in [1.807, 2.05) is 32.0 Å². The Labute approximate surface area is 177 Å². The van der Waals surface area contributed by atoms with Crippen LogP contribution < -0.4 is 9.62 Å². The van der Waals surface area contributed by atoms with E-state index in [-0.39, 0.29) is 10.8 Å². The van der Waals surface area contributed by atoms with E-state index in [4.69, 9.17) is 0 Å². The lowest BCUT2D eigenvalue weighted by Crippen LogP contribution is -2.35. The van der Waals surface area contributed by atoms with E-state index in [0.717, 1.165) is 29.5 Å². The lowest BCUT2D eigenvalue weighted by Gasteiger charge is -2.31. The lowest BCUT2D eigenvalue weighted by atomic mass is 10.0. The van der Waals surface area contributed by atoms with E-state index in [1.54, 1.807) is 48.5 Å². The molecule has 1 aliphatic rings. The fraction of sp³-hybridized carbons (Fsp3) is 0.208. The zero-order valence-corrected chi connectivity index (χ0v) is 17.9. The van der Waals surface area contributed by atoms with Crippen molar-refractivity contribution in [3.8, 4) is 0 Å². The molecule has 3 aromatic rings. The van der Waals surface area contributed by atoms with Gasteiger partial charge in [-0.25, -0.2) is 8.42 Å². The molecule has 6 heteroatoms. The van der Waals surface area contributed by atoms with Crippen LogP contribution in [0.3, 0.4) is 0 Å². The second-order valence-corrected chi connectivity index (χ2v) is 9.52. The maximum atomic E-state index is 13.2. The molecule has 0 atom stereocenters. The highest BCUT2D eigenvalue weighted by atomic mass is 32.2. The fourth-order valence-electron chi connectivity index (χ4n) is 3.64. The minimum atomic E-state index is -3.63. The largest absolute Gasteiger partial charge is 0.322 e. The number of amides is 1. The van der Waals surface area contributed by atoms with Crippen molar-refractivity contribution in [2.24, 2.45) is 0 Å². The van der Waals surface area contributed by atoms with Crippen molar-refractivity contribution in [1.82, 2.24) is 0 Å². The molecule has 0 aromatic heterocycles. The number of benzene rings is 3. The van der Waals surface area contributed by atoms with Gasteiger partial charge in [0, 0.05) is 17.8 Å². The van der Waals surface area contributed by atoms with Crippen LogP contribution in [0.15, 0.2) is 71.6 Å². The highest BCUT2D eigenvalue weighted by Crippen LogP contribution is 2.34. The molecule has 5 nitrogen and oxygen atoms in total. The van der Waals surface area contributed by atoms with E-state index in [9.17, 15) is 13.2 Å². The third-order valence-electron chi connectivity index (χ3n) is 5.34. The summed E-state index contributed by atoms with van der Waals surface area (Å²) in [6, 6.07) is 19.7. The van der Waals surface area contributed by atoms with Crippen molar-refractivity contribution in [1.29, 1.82) is 0 Å². The normalized spacial score (nSPS) is 13.6. The Morgan fingerprint density at radius 1 is 0.900 bits per heavy atom. The third kappa shape index (κ3) is 3.96. The summed E-state index contributed by atoms with van der Waals surface area (Å²) in [7, 11) is -3.63. The van der Waals surface area contributed by atoms with Gasteiger partial charge in [0.25, 0.3) is 15.9 Å². The van der Waals surface area contributed by atoms with Gasteiger partial charge in [-0.05, 0) is 74.7 Å². The van der Waals surface area contributed by atoms with Crippen molar-refractivity contribution in [2.75, 3.05) is 16.2 Å². The van der Waals surface area contributed by atoms with Crippen LogP contribution in [0.5, 0.6) is 0 Å². The van der Waals surface area contributed by atoms with Gasteiger partial charge in [0.2, 0.25) is 0 Å². The molecule has 30 heavy (non-hydrogen) atoms. The van der Waals surface area contributed by atoms with Crippen LogP contribution in [0.4, 0.5) is 11.4 Å². The maximum absolute atomic E-state index is 13.2. The smallest absolute Gasteiger partial charge is 0.264 e. The second-order valence-electron chi connectivity index (χ2n) is 7.66. The Morgan fingerprint density at radius 2 is 1.53 bits per heavy atom. The van der Waals surface area contributed by atoms with Crippen molar-refractivity contribution >= 4 is 27.3 Å². The summed E-state index contributed by atoms with van der Waals surface area (Å²) >= 11 is 0. The molecule has 0 saturated heterocycles. The number of sulfonamides is 1. The summed E-state index contributed by atoms with van der Waals surface area (Å²) in [5, 5.41) is 2.91. The standard InChI is InChI=1S/C24H24N2O3S/c1-17-5-9-19(10-6-17)24(27)25-21-11-14-23-20(16-21)4-3-15-26(23)30(28,29)22-12-7-18(2)8-13-22/h5-14,16H,3-4,15H2,1-2H3,(H,25,27). The van der Waals surface area contributed by atoms with Gasteiger partial charge in [-0.1, -0.05) is 35.4 Å². The molecule has 0 spiro atoms. The van der Waals surface area contributed by atoms with E-state index in [1.165, 1.54) is 4.31 Å². The third-order valence-corrected chi connectivity index (χ3v) is 7.16. The molecule has 1 heterocycles. The molecule has 0 fully saturated rings. The van der Waals surface area contributed by atoms with Crippen LogP contribution in [0, 0.1) is 13.8 Å². The minimum Gasteiger partial charge on any atom is -0.322 e. The SMILES string of the molecule is Cc1ccc(C(=O)Nc2ccc3c(c2)CCCN3S(=O)(=O)c2ccc(C)cc2)cc1. The van der Waals surface area contributed by atoms with Gasteiger partial charge < -0.3 is 5.32 Å². The first-order chi connectivity index (χ1) is 14.3. The summed E-state index contributed by atoms with van der Waals surface area (Å²) in [4.78, 5) is 12.8. The van der Waals surface area contributed by atoms with Gasteiger partial charge in [0.05, 0.1) is 10.6 Å². The average Bonchev–Trinajstić information content (AvgIpc) is 2.74. The van der Waals surface area contributed by atoms with E-state index in [2.05, 4.69) is 5.32 Å². The number of aryl methyl sites for hydroxylation is 3. The number of carbonyl (C=O) groups excluding carboxylic acids is 1. The molecule has 154 valence electrons. The van der Waals surface area contributed by atoms with Crippen LogP contribution in [-0.2, 0) is 16.4 Å². The fourth-order valence-corrected chi connectivity index (χ4v) is 5.18. The van der Waals surface area contributed by atoms with Gasteiger partial charge in [-0.2, -0.15) is 0 Å². The molecular weight excluding hydrogens is 396 g/mol. The first kappa shape index (κ1) is 20.2. The Hall–Kier alpha value is -3.12. The summed E-state index contributed by atoms with van der Waals surface area (Å²) in [6.45, 7) is 4.35. The number of hydrogen-bond acceptors (Lipinski definition) is 3. The first-order valence-corrected chi connectivity index (χ1v) is 11.4. The summed E-state index contributed by atoms with van der Waals surface area (Å²) in [5.74, 6) is -0.185. The molecule has 0 saturated carbocycles. The Bertz CT molecular complexity index is 1180. The number of nitrogens with zero attached hydrogens (tertiary/aromatic N) is 1. The van der Waals surface area contributed by atoms with Gasteiger partial charge in [0.15, 0.2) is 0 Å². The van der Waals surface area contributed by atoms with E-state index in [0.29, 0.717) is 23.5 Å². The highest BCUT2D eigenvalue weighted by Gasteiger charge is 2.29. The maximum Gasteiger partial charge on any atom is 0.264 e. The van der Waals surface area contributed by atoms with Gasteiger partial charge in [-0.3, -0.25) is 9.10 Å². The molecular formula is C24H24N2O3S. The molecule has 4 rings (SSSR count). The summed E-state index contributed by atoms with van der Waals surface area (Å²) in [6.07, 6.45) is 1.50. The van der Waals surface area contributed by atoms with Gasteiger partial charge in [0.1, 0.15) is 0 Å². The summed E-state index contributed by atoms with van der Waals surface area (Å²) in [5.41, 5.74) is 4.95. The van der Waals surface area contributed by atoms with Crippen LogP contribution in [0.1, 0.15) is 33.5 Å². The predicted octanol–water partition coefficient (Wildman–Crippen LogP) is 4.70. The van der Waals surface area contributed by atoms with Crippen molar-refractivity contribution in [2.45, 2.75) is 31.6 Å². The molecule has 1 aliphatic heterocycles. The van der Waals surface area contributed by atoms with Crippen LogP contribution in [0.25, 0.3) is 0 Å².